The molecule has 5 heteroatoms. The Hall–Kier alpha value is -2.27. The molecule has 5 nitrogen and oxygen atoms in total. The van der Waals surface area contributed by atoms with Gasteiger partial charge in [-0.3, -0.25) is 4.90 Å². The number of rotatable bonds is 3. The molecule has 0 fully saturated rings. The maximum atomic E-state index is 11.3. The molecule has 1 aromatic carbocycles. The first-order valence-corrected chi connectivity index (χ1v) is 6.98. The molecule has 0 unspecified atom stereocenters. The SMILES string of the molecule is Cc1nccc(CN2CCc3c(cccc3C(=O)O)C2)n1. The third-order valence-corrected chi connectivity index (χ3v) is 3.79. The Morgan fingerprint density at radius 2 is 2.24 bits per heavy atom. The van der Waals surface area contributed by atoms with Crippen LogP contribution >= 0.6 is 0 Å². The molecule has 0 spiro atoms. The fraction of sp³-hybridized carbons (Fsp3) is 0.312. The summed E-state index contributed by atoms with van der Waals surface area (Å²) in [5, 5.41) is 9.24. The zero-order chi connectivity index (χ0) is 14.8. The van der Waals surface area contributed by atoms with E-state index in [0.29, 0.717) is 5.56 Å². The lowest BCUT2D eigenvalue weighted by atomic mass is 9.94. The van der Waals surface area contributed by atoms with Crippen LogP contribution < -0.4 is 0 Å². The standard InChI is InChI=1S/C16H17N3O2/c1-11-17-7-5-13(18-11)10-19-8-6-14-12(9-19)3-2-4-15(14)16(20)21/h2-5,7H,6,8-10H2,1H3,(H,20,21). The number of carboxylic acids is 1. The Labute approximate surface area is 123 Å². The molecule has 1 N–H and O–H groups in total. The lowest BCUT2D eigenvalue weighted by Crippen LogP contribution is -2.31. The van der Waals surface area contributed by atoms with E-state index in [1.54, 1.807) is 12.3 Å². The Morgan fingerprint density at radius 3 is 3.00 bits per heavy atom. The minimum atomic E-state index is -0.841. The molecule has 2 aromatic rings. The largest absolute Gasteiger partial charge is 0.478 e. The third kappa shape index (κ3) is 2.92. The molecule has 2 heterocycles. The van der Waals surface area contributed by atoms with E-state index >= 15 is 0 Å². The molecule has 0 saturated heterocycles. The predicted molar refractivity (Wildman–Crippen MR) is 78.0 cm³/mol. The van der Waals surface area contributed by atoms with Gasteiger partial charge in [0.05, 0.1) is 11.3 Å². The molecular weight excluding hydrogens is 266 g/mol. The van der Waals surface area contributed by atoms with Crippen LogP contribution in [0.15, 0.2) is 30.5 Å². The first kappa shape index (κ1) is 13.7. The molecule has 1 aliphatic heterocycles. The quantitative estimate of drug-likeness (QED) is 0.933. The van der Waals surface area contributed by atoms with Gasteiger partial charge in [-0.25, -0.2) is 14.8 Å². The van der Waals surface area contributed by atoms with Crippen molar-refractivity contribution in [2.24, 2.45) is 0 Å². The van der Waals surface area contributed by atoms with Crippen molar-refractivity contribution in [2.75, 3.05) is 6.54 Å². The fourth-order valence-corrected chi connectivity index (χ4v) is 2.83. The Balaban J connectivity index is 1.79. The van der Waals surface area contributed by atoms with E-state index in [2.05, 4.69) is 14.9 Å². The molecule has 1 aromatic heterocycles. The van der Waals surface area contributed by atoms with Gasteiger partial charge in [0, 0.05) is 25.8 Å². The number of aromatic carboxylic acids is 1. The maximum Gasteiger partial charge on any atom is 0.335 e. The number of carbonyl (C=O) groups is 1. The first-order valence-electron chi connectivity index (χ1n) is 6.98. The van der Waals surface area contributed by atoms with Gasteiger partial charge in [0.15, 0.2) is 0 Å². The van der Waals surface area contributed by atoms with Gasteiger partial charge in [0.1, 0.15) is 5.82 Å². The minimum Gasteiger partial charge on any atom is -0.478 e. The average Bonchev–Trinajstić information content (AvgIpc) is 2.46. The van der Waals surface area contributed by atoms with Crippen LogP contribution in [0.25, 0.3) is 0 Å². The summed E-state index contributed by atoms with van der Waals surface area (Å²) in [6.07, 6.45) is 2.54. The number of nitrogens with zero attached hydrogens (tertiary/aromatic N) is 3. The number of benzene rings is 1. The summed E-state index contributed by atoms with van der Waals surface area (Å²) in [4.78, 5) is 22.1. The van der Waals surface area contributed by atoms with E-state index in [0.717, 1.165) is 48.7 Å². The Morgan fingerprint density at radius 1 is 1.38 bits per heavy atom. The molecule has 1 aliphatic rings. The van der Waals surface area contributed by atoms with Crippen LogP contribution in [0.5, 0.6) is 0 Å². The molecule has 0 saturated carbocycles. The van der Waals surface area contributed by atoms with Crippen LogP contribution in [0.4, 0.5) is 0 Å². The lowest BCUT2D eigenvalue weighted by Gasteiger charge is -2.29. The van der Waals surface area contributed by atoms with Gasteiger partial charge >= 0.3 is 5.97 Å². The highest BCUT2D eigenvalue weighted by molar-refractivity contribution is 5.89. The van der Waals surface area contributed by atoms with E-state index in [1.165, 1.54) is 0 Å². The zero-order valence-corrected chi connectivity index (χ0v) is 11.9. The molecule has 0 bridgehead atoms. The second-order valence-electron chi connectivity index (χ2n) is 5.30. The number of aromatic nitrogens is 2. The normalized spacial score (nSPS) is 14.7. The van der Waals surface area contributed by atoms with Gasteiger partial charge in [-0.15, -0.1) is 0 Å². The molecule has 108 valence electrons. The van der Waals surface area contributed by atoms with Crippen molar-refractivity contribution < 1.29 is 9.90 Å². The Kier molecular flexibility index (Phi) is 3.66. The second kappa shape index (κ2) is 5.61. The van der Waals surface area contributed by atoms with Gasteiger partial charge < -0.3 is 5.11 Å². The zero-order valence-electron chi connectivity index (χ0n) is 11.9. The van der Waals surface area contributed by atoms with E-state index in [-0.39, 0.29) is 0 Å². The molecule has 0 aliphatic carbocycles. The number of aryl methyl sites for hydroxylation is 1. The van der Waals surface area contributed by atoms with Crippen LogP contribution in [0, 0.1) is 6.92 Å². The lowest BCUT2D eigenvalue weighted by molar-refractivity contribution is 0.0694. The van der Waals surface area contributed by atoms with Crippen molar-refractivity contribution in [3.63, 3.8) is 0 Å². The number of carboxylic acid groups (broad SMARTS) is 1. The second-order valence-corrected chi connectivity index (χ2v) is 5.30. The summed E-state index contributed by atoms with van der Waals surface area (Å²) in [6.45, 7) is 4.26. The third-order valence-electron chi connectivity index (χ3n) is 3.79. The summed E-state index contributed by atoms with van der Waals surface area (Å²) in [5.41, 5.74) is 3.51. The van der Waals surface area contributed by atoms with Crippen LogP contribution in [0.2, 0.25) is 0 Å². The molecular formula is C16H17N3O2. The van der Waals surface area contributed by atoms with E-state index in [1.807, 2.05) is 25.1 Å². The molecule has 21 heavy (non-hydrogen) atoms. The molecule has 0 atom stereocenters. The van der Waals surface area contributed by atoms with Crippen molar-refractivity contribution in [3.05, 3.63) is 58.7 Å². The smallest absolute Gasteiger partial charge is 0.335 e. The highest BCUT2D eigenvalue weighted by Crippen LogP contribution is 2.23. The summed E-state index contributed by atoms with van der Waals surface area (Å²) in [7, 11) is 0. The van der Waals surface area contributed by atoms with E-state index < -0.39 is 5.97 Å². The van der Waals surface area contributed by atoms with Crippen molar-refractivity contribution >= 4 is 5.97 Å². The van der Waals surface area contributed by atoms with E-state index in [4.69, 9.17) is 0 Å². The minimum absolute atomic E-state index is 0.435. The number of hydrogen-bond donors (Lipinski definition) is 1. The highest BCUT2D eigenvalue weighted by atomic mass is 16.4. The highest BCUT2D eigenvalue weighted by Gasteiger charge is 2.21. The topological polar surface area (TPSA) is 66.3 Å². The maximum absolute atomic E-state index is 11.3. The van der Waals surface area contributed by atoms with Gasteiger partial charge in [-0.2, -0.15) is 0 Å². The van der Waals surface area contributed by atoms with Crippen LogP contribution in [0.1, 0.15) is 33.0 Å². The summed E-state index contributed by atoms with van der Waals surface area (Å²) in [5.74, 6) is -0.0650. The molecule has 3 rings (SSSR count). The summed E-state index contributed by atoms with van der Waals surface area (Å²) >= 11 is 0. The van der Waals surface area contributed by atoms with Crippen molar-refractivity contribution in [2.45, 2.75) is 26.4 Å². The fourth-order valence-electron chi connectivity index (χ4n) is 2.83. The molecule has 0 amide bonds. The van der Waals surface area contributed by atoms with Crippen molar-refractivity contribution in [1.82, 2.24) is 14.9 Å². The average molecular weight is 283 g/mol. The number of hydrogen-bond acceptors (Lipinski definition) is 4. The summed E-state index contributed by atoms with van der Waals surface area (Å²) < 4.78 is 0. The van der Waals surface area contributed by atoms with Gasteiger partial charge in [0.2, 0.25) is 0 Å². The number of fused-ring (bicyclic) bond motifs is 1. The Bertz CT molecular complexity index is 685. The summed E-state index contributed by atoms with van der Waals surface area (Å²) in [6, 6.07) is 7.45. The van der Waals surface area contributed by atoms with Crippen LogP contribution in [-0.2, 0) is 19.5 Å². The van der Waals surface area contributed by atoms with Crippen LogP contribution in [-0.4, -0.2) is 32.5 Å². The monoisotopic (exact) mass is 283 g/mol. The van der Waals surface area contributed by atoms with Gasteiger partial charge in [-0.05, 0) is 36.6 Å². The van der Waals surface area contributed by atoms with Gasteiger partial charge in [-0.1, -0.05) is 12.1 Å². The van der Waals surface area contributed by atoms with Gasteiger partial charge in [0.25, 0.3) is 0 Å². The van der Waals surface area contributed by atoms with E-state index in [9.17, 15) is 9.90 Å². The van der Waals surface area contributed by atoms with Crippen LogP contribution in [0.3, 0.4) is 0 Å². The first-order chi connectivity index (χ1) is 10.1. The molecule has 0 radical (unpaired) electrons. The van der Waals surface area contributed by atoms with Crippen molar-refractivity contribution in [1.29, 1.82) is 0 Å². The van der Waals surface area contributed by atoms with Crippen molar-refractivity contribution in [3.8, 4) is 0 Å². The predicted octanol–water partition coefficient (Wildman–Crippen LogP) is 2.04.